The average Bonchev–Trinajstić information content (AvgIpc) is 3.12. The molecule has 3 N–H and O–H groups in total. The maximum absolute atomic E-state index is 12.4. The highest BCUT2D eigenvalue weighted by molar-refractivity contribution is 8.00. The molecule has 170 valence electrons. The molecule has 0 atom stereocenters. The molecule has 2 heterocycles. The summed E-state index contributed by atoms with van der Waals surface area (Å²) in [4.78, 5) is 41.3. The molecule has 0 spiro atoms. The van der Waals surface area contributed by atoms with Gasteiger partial charge in [-0.1, -0.05) is 30.8 Å². The molecule has 0 saturated heterocycles. The zero-order valence-corrected chi connectivity index (χ0v) is 18.8. The first kappa shape index (κ1) is 22.3. The molecule has 0 bridgehead atoms. The van der Waals surface area contributed by atoms with Crippen molar-refractivity contribution in [1.82, 2.24) is 15.5 Å². The normalized spacial score (nSPS) is 17.6. The lowest BCUT2D eigenvalue weighted by Gasteiger charge is -2.30. The molecule has 1 aliphatic heterocycles. The van der Waals surface area contributed by atoms with Crippen molar-refractivity contribution in [1.29, 1.82) is 0 Å². The fourth-order valence-electron chi connectivity index (χ4n) is 4.23. The van der Waals surface area contributed by atoms with Gasteiger partial charge in [0.05, 0.1) is 11.4 Å². The third kappa shape index (κ3) is 5.29. The van der Waals surface area contributed by atoms with Gasteiger partial charge in [-0.3, -0.25) is 14.4 Å². The lowest BCUT2D eigenvalue weighted by molar-refractivity contribution is -0.121. The number of aryl methyl sites for hydroxylation is 1. The molecule has 0 radical (unpaired) electrons. The van der Waals surface area contributed by atoms with Crippen molar-refractivity contribution >= 4 is 40.9 Å². The van der Waals surface area contributed by atoms with Crippen molar-refractivity contribution in [3.05, 3.63) is 29.9 Å². The number of hydrogen-bond acceptors (Lipinski definition) is 7. The molecular formula is C22H27N5O4S. The molecule has 1 fully saturated rings. The predicted molar refractivity (Wildman–Crippen MR) is 120 cm³/mol. The van der Waals surface area contributed by atoms with E-state index < -0.39 is 5.54 Å². The predicted octanol–water partition coefficient (Wildman–Crippen LogP) is 3.37. The molecule has 1 aromatic carbocycles. The van der Waals surface area contributed by atoms with Crippen molar-refractivity contribution in [2.24, 2.45) is 0 Å². The van der Waals surface area contributed by atoms with E-state index >= 15 is 0 Å². The molecule has 1 aliphatic carbocycles. The quantitative estimate of drug-likeness (QED) is 0.568. The van der Waals surface area contributed by atoms with Gasteiger partial charge in [0.2, 0.25) is 23.6 Å². The summed E-state index contributed by atoms with van der Waals surface area (Å²) in [5, 5.41) is 12.9. The number of nitrogens with zero attached hydrogens (tertiary/aromatic N) is 2. The summed E-state index contributed by atoms with van der Waals surface area (Å²) < 4.78 is 5.41. The number of amides is 3. The minimum atomic E-state index is -0.599. The van der Waals surface area contributed by atoms with Crippen LogP contribution >= 0.6 is 11.8 Å². The van der Waals surface area contributed by atoms with Gasteiger partial charge in [-0.05, 0) is 31.0 Å². The largest absolute Gasteiger partial charge is 0.343 e. The Bertz CT molecular complexity index is 1010. The van der Waals surface area contributed by atoms with Gasteiger partial charge in [0.15, 0.2) is 5.82 Å². The van der Waals surface area contributed by atoms with E-state index in [4.69, 9.17) is 4.52 Å². The van der Waals surface area contributed by atoms with Crippen LogP contribution in [-0.2, 0) is 26.3 Å². The number of hydrogen-bond donors (Lipinski definition) is 3. The van der Waals surface area contributed by atoms with E-state index in [1.165, 1.54) is 18.7 Å². The molecule has 1 aromatic heterocycles. The first-order valence-corrected chi connectivity index (χ1v) is 11.9. The second-order valence-corrected chi connectivity index (χ2v) is 9.30. The topological polar surface area (TPSA) is 126 Å². The number of carbonyl (C=O) groups excluding carboxylic acids is 3. The van der Waals surface area contributed by atoms with Gasteiger partial charge in [-0.2, -0.15) is 4.98 Å². The van der Waals surface area contributed by atoms with Crippen molar-refractivity contribution < 1.29 is 18.9 Å². The summed E-state index contributed by atoms with van der Waals surface area (Å²) in [6.07, 6.45) is 6.25. The molecule has 1 saturated carbocycles. The second-order valence-electron chi connectivity index (χ2n) is 8.29. The van der Waals surface area contributed by atoms with E-state index in [2.05, 4.69) is 26.1 Å². The monoisotopic (exact) mass is 457 g/mol. The van der Waals surface area contributed by atoms with Crippen LogP contribution in [0.15, 0.2) is 27.6 Å². The van der Waals surface area contributed by atoms with Gasteiger partial charge >= 0.3 is 0 Å². The fraction of sp³-hybridized carbons (Fsp3) is 0.500. The molecule has 3 amide bonds. The number of aromatic nitrogens is 2. The number of fused-ring (bicyclic) bond motifs is 1. The summed E-state index contributed by atoms with van der Waals surface area (Å²) in [5.41, 5.74) is 0.723. The van der Waals surface area contributed by atoms with E-state index in [1.54, 1.807) is 6.07 Å². The molecule has 2 aliphatic rings. The van der Waals surface area contributed by atoms with Crippen LogP contribution in [0.2, 0.25) is 0 Å². The number of carbonyl (C=O) groups is 3. The third-order valence-corrected chi connectivity index (χ3v) is 6.80. The summed E-state index contributed by atoms with van der Waals surface area (Å²) >= 11 is 1.47. The first-order valence-electron chi connectivity index (χ1n) is 10.9. The highest BCUT2D eigenvalue weighted by Crippen LogP contribution is 2.35. The van der Waals surface area contributed by atoms with Crippen LogP contribution in [-0.4, -0.2) is 33.6 Å². The van der Waals surface area contributed by atoms with Gasteiger partial charge in [-0.25, -0.2) is 0 Å². The lowest BCUT2D eigenvalue weighted by Crippen LogP contribution is -2.45. The van der Waals surface area contributed by atoms with Gasteiger partial charge < -0.3 is 20.5 Å². The van der Waals surface area contributed by atoms with E-state index in [9.17, 15) is 14.4 Å². The molecule has 10 heteroatoms. The Morgan fingerprint density at radius 1 is 1.22 bits per heavy atom. The number of anilines is 2. The van der Waals surface area contributed by atoms with Gasteiger partial charge in [0.1, 0.15) is 5.54 Å². The highest BCUT2D eigenvalue weighted by Gasteiger charge is 2.38. The van der Waals surface area contributed by atoms with Crippen LogP contribution in [0.3, 0.4) is 0 Å². The average molecular weight is 458 g/mol. The van der Waals surface area contributed by atoms with Crippen molar-refractivity contribution in [2.45, 2.75) is 68.7 Å². The zero-order valence-electron chi connectivity index (χ0n) is 18.0. The van der Waals surface area contributed by atoms with E-state index in [-0.39, 0.29) is 24.1 Å². The van der Waals surface area contributed by atoms with Crippen LogP contribution in [0.5, 0.6) is 0 Å². The standard InChI is InChI=1S/C22H27N5O4S/c1-14(28)26-22(10-4-2-3-5-11-22)21-25-20(31-27-21)9-8-18(29)23-15-6-7-17-16(12-15)24-19(30)13-32-17/h6-7,12H,2-5,8-11,13H2,1H3,(H,23,29)(H,24,30)(H,26,28). The van der Waals surface area contributed by atoms with Crippen LogP contribution in [0, 0.1) is 0 Å². The number of nitrogens with one attached hydrogen (secondary N) is 3. The maximum atomic E-state index is 12.4. The summed E-state index contributed by atoms with van der Waals surface area (Å²) in [7, 11) is 0. The molecule has 9 nitrogen and oxygen atoms in total. The van der Waals surface area contributed by atoms with Crippen LogP contribution < -0.4 is 16.0 Å². The Morgan fingerprint density at radius 3 is 2.75 bits per heavy atom. The van der Waals surface area contributed by atoms with Crippen LogP contribution in [0.25, 0.3) is 0 Å². The summed E-state index contributed by atoms with van der Waals surface area (Å²) in [5.74, 6) is 0.909. The maximum Gasteiger partial charge on any atom is 0.234 e. The SMILES string of the molecule is CC(=O)NC1(c2noc(CCC(=O)Nc3ccc4c(c3)NC(=O)CS4)n2)CCCCCC1. The minimum Gasteiger partial charge on any atom is -0.343 e. The van der Waals surface area contributed by atoms with E-state index in [1.807, 2.05) is 12.1 Å². The molecule has 4 rings (SSSR count). The first-order chi connectivity index (χ1) is 15.4. The number of rotatable bonds is 6. The molecular weight excluding hydrogens is 430 g/mol. The Morgan fingerprint density at radius 2 is 2.00 bits per heavy atom. The van der Waals surface area contributed by atoms with Crippen LogP contribution in [0.1, 0.15) is 63.6 Å². The molecule has 32 heavy (non-hydrogen) atoms. The second kappa shape index (κ2) is 9.72. The number of thioether (sulfide) groups is 1. The Hall–Kier alpha value is -2.88. The Labute approximate surface area is 190 Å². The van der Waals surface area contributed by atoms with Gasteiger partial charge in [0.25, 0.3) is 0 Å². The zero-order chi connectivity index (χ0) is 22.6. The van der Waals surface area contributed by atoms with Gasteiger partial charge in [0, 0.05) is 30.3 Å². The fourth-order valence-corrected chi connectivity index (χ4v) is 5.02. The summed E-state index contributed by atoms with van der Waals surface area (Å²) in [6, 6.07) is 5.45. The smallest absolute Gasteiger partial charge is 0.234 e. The lowest BCUT2D eigenvalue weighted by atomic mass is 9.89. The van der Waals surface area contributed by atoms with Crippen molar-refractivity contribution in [2.75, 3.05) is 16.4 Å². The van der Waals surface area contributed by atoms with Crippen molar-refractivity contribution in [3.63, 3.8) is 0 Å². The van der Waals surface area contributed by atoms with E-state index in [0.29, 0.717) is 35.3 Å². The highest BCUT2D eigenvalue weighted by atomic mass is 32.2. The van der Waals surface area contributed by atoms with Gasteiger partial charge in [-0.15, -0.1) is 11.8 Å². The van der Waals surface area contributed by atoms with E-state index in [0.717, 1.165) is 43.4 Å². The molecule has 2 aromatic rings. The summed E-state index contributed by atoms with van der Waals surface area (Å²) in [6.45, 7) is 1.50. The third-order valence-electron chi connectivity index (χ3n) is 5.73. The molecule has 0 unspecified atom stereocenters. The van der Waals surface area contributed by atoms with Crippen LogP contribution in [0.4, 0.5) is 11.4 Å². The minimum absolute atomic E-state index is 0.0520. The van der Waals surface area contributed by atoms with Crippen molar-refractivity contribution in [3.8, 4) is 0 Å². The number of benzene rings is 1. The Kier molecular flexibility index (Phi) is 6.78. The Balaban J connectivity index is 1.37.